The largest absolute Gasteiger partial charge is 0.495 e. The summed E-state index contributed by atoms with van der Waals surface area (Å²) in [6, 6.07) is 17.1. The molecule has 0 bridgehead atoms. The number of rotatable bonds is 7. The Labute approximate surface area is 206 Å². The number of methoxy groups -OCH3 is 1. The van der Waals surface area contributed by atoms with Gasteiger partial charge in [-0.2, -0.15) is 5.10 Å². The maximum Gasteiger partial charge on any atom is 0.365 e. The minimum atomic E-state index is -1.07. The first kappa shape index (κ1) is 24.0. The van der Waals surface area contributed by atoms with E-state index in [-0.39, 0.29) is 18.3 Å². The van der Waals surface area contributed by atoms with E-state index in [1.807, 2.05) is 66.4 Å². The highest BCUT2D eigenvalue weighted by Crippen LogP contribution is 2.61. The fraction of sp³-hybridized carbons (Fsp3) is 0.292. The minimum absolute atomic E-state index is 0.180. The molecule has 2 aliphatic heterocycles. The van der Waals surface area contributed by atoms with Gasteiger partial charge in [-0.1, -0.05) is 42.1 Å². The zero-order valence-electron chi connectivity index (χ0n) is 19.3. The van der Waals surface area contributed by atoms with Crippen LogP contribution in [-0.2, 0) is 19.1 Å². The zero-order valence-corrected chi connectivity index (χ0v) is 20.9. The van der Waals surface area contributed by atoms with Crippen LogP contribution >= 0.6 is 23.5 Å². The van der Waals surface area contributed by atoms with Crippen molar-refractivity contribution in [2.45, 2.75) is 25.1 Å². The molecular weight excluding hydrogens is 474 g/mol. The van der Waals surface area contributed by atoms with E-state index in [1.165, 1.54) is 23.5 Å². The van der Waals surface area contributed by atoms with E-state index in [4.69, 9.17) is 14.2 Å². The van der Waals surface area contributed by atoms with Gasteiger partial charge in [0.05, 0.1) is 20.3 Å². The number of thioether (sulfide) groups is 2. The molecule has 2 aromatic carbocycles. The predicted octanol–water partition coefficient (Wildman–Crippen LogP) is 4.78. The summed E-state index contributed by atoms with van der Waals surface area (Å²) in [4.78, 5) is 28.2. The first-order chi connectivity index (χ1) is 16.5. The second-order valence-corrected chi connectivity index (χ2v) is 9.77. The lowest BCUT2D eigenvalue weighted by Crippen LogP contribution is -2.49. The Morgan fingerprint density at radius 2 is 1.59 bits per heavy atom. The van der Waals surface area contributed by atoms with Gasteiger partial charge in [0.25, 0.3) is 0 Å². The quantitative estimate of drug-likeness (QED) is 0.500. The van der Waals surface area contributed by atoms with Crippen molar-refractivity contribution < 1.29 is 23.8 Å². The second-order valence-electron chi connectivity index (χ2n) is 7.17. The molecule has 0 aliphatic carbocycles. The Hall–Kier alpha value is -3.11. The van der Waals surface area contributed by atoms with Gasteiger partial charge < -0.3 is 19.1 Å². The van der Waals surface area contributed by atoms with E-state index in [0.717, 1.165) is 5.69 Å². The Morgan fingerprint density at radius 3 is 2.26 bits per heavy atom. The first-order valence-corrected chi connectivity index (χ1v) is 12.4. The summed E-state index contributed by atoms with van der Waals surface area (Å²) in [5.41, 5.74) is 2.17. The third-order valence-electron chi connectivity index (χ3n) is 5.11. The third-order valence-corrected chi connectivity index (χ3v) is 7.96. The average Bonchev–Trinajstić information content (AvgIpc) is 3.37. The molecule has 0 unspecified atom stereocenters. The number of hydrogen-bond donors (Lipinski definition) is 0. The molecule has 0 saturated heterocycles. The summed E-state index contributed by atoms with van der Waals surface area (Å²) in [7, 11) is 1.58. The Balaban J connectivity index is 1.91. The summed E-state index contributed by atoms with van der Waals surface area (Å²) >= 11 is 2.51. The smallest absolute Gasteiger partial charge is 0.365 e. The molecule has 0 amide bonds. The summed E-state index contributed by atoms with van der Waals surface area (Å²) in [6.45, 7) is 5.86. The van der Waals surface area contributed by atoms with E-state index in [1.54, 1.807) is 26.0 Å². The molecule has 8 nitrogen and oxygen atoms in total. The second kappa shape index (κ2) is 10.0. The van der Waals surface area contributed by atoms with Crippen molar-refractivity contribution in [2.24, 2.45) is 5.10 Å². The van der Waals surface area contributed by atoms with E-state index in [9.17, 15) is 9.59 Å². The summed E-state index contributed by atoms with van der Waals surface area (Å²) in [5, 5.41) is 6.59. The maximum absolute atomic E-state index is 12.9. The predicted molar refractivity (Wildman–Crippen MR) is 136 cm³/mol. The van der Waals surface area contributed by atoms with Crippen molar-refractivity contribution in [1.29, 1.82) is 0 Å². The van der Waals surface area contributed by atoms with Crippen molar-refractivity contribution in [3.63, 3.8) is 0 Å². The number of esters is 2. The van der Waals surface area contributed by atoms with Gasteiger partial charge in [-0.05, 0) is 56.8 Å². The number of carbonyl (C=O) groups is 2. The van der Waals surface area contributed by atoms with Crippen LogP contribution in [0.3, 0.4) is 0 Å². The highest BCUT2D eigenvalue weighted by atomic mass is 32.2. The summed E-state index contributed by atoms with van der Waals surface area (Å²) in [5.74, 6) is -0.375. The van der Waals surface area contributed by atoms with Gasteiger partial charge in [-0.15, -0.1) is 0 Å². The van der Waals surface area contributed by atoms with E-state index in [2.05, 4.69) is 5.10 Å². The number of hydrazone groups is 1. The Bertz CT molecular complexity index is 1150. The van der Waals surface area contributed by atoms with Crippen LogP contribution in [0.5, 0.6) is 5.75 Å². The van der Waals surface area contributed by atoms with Crippen LogP contribution in [-0.4, -0.2) is 41.6 Å². The molecule has 10 heteroatoms. The van der Waals surface area contributed by atoms with Crippen molar-refractivity contribution >= 4 is 51.9 Å². The molecule has 0 N–H and O–H groups in total. The van der Waals surface area contributed by atoms with Gasteiger partial charge in [0.15, 0.2) is 0 Å². The lowest BCUT2D eigenvalue weighted by Gasteiger charge is -2.41. The maximum atomic E-state index is 12.9. The number of allylic oxidation sites excluding steroid dienone is 1. The Morgan fingerprint density at radius 1 is 0.941 bits per heavy atom. The molecule has 2 heterocycles. The van der Waals surface area contributed by atoms with Gasteiger partial charge in [0.2, 0.25) is 9.37 Å². The minimum Gasteiger partial charge on any atom is -0.495 e. The number of para-hydroxylation sites is 3. The molecule has 0 aromatic heterocycles. The fourth-order valence-electron chi connectivity index (χ4n) is 3.72. The molecule has 1 atom stereocenters. The molecule has 0 saturated carbocycles. The number of nitrogens with zero attached hydrogens (tertiary/aromatic N) is 3. The number of hydrogen-bond acceptors (Lipinski definition) is 10. The molecule has 1 spiro atoms. The Kier molecular flexibility index (Phi) is 7.08. The number of benzene rings is 2. The van der Waals surface area contributed by atoms with Gasteiger partial charge >= 0.3 is 11.9 Å². The van der Waals surface area contributed by atoms with Gasteiger partial charge in [-0.3, -0.25) is 0 Å². The molecular formula is C24H25N3O5S2. The third kappa shape index (κ3) is 4.12. The molecule has 0 radical (unpaired) electrons. The number of anilines is 2. The normalized spacial score (nSPS) is 19.5. The fourth-order valence-corrected chi connectivity index (χ4v) is 6.66. The van der Waals surface area contributed by atoms with Crippen LogP contribution in [0.1, 0.15) is 20.8 Å². The van der Waals surface area contributed by atoms with Crippen LogP contribution in [0, 0.1) is 0 Å². The van der Waals surface area contributed by atoms with E-state index < -0.39 is 16.3 Å². The first-order valence-electron chi connectivity index (χ1n) is 10.8. The van der Waals surface area contributed by atoms with Crippen molar-refractivity contribution in [3.8, 4) is 5.75 Å². The standard InChI is InChI=1S/C24H25N3O5S2/c1-5-31-22(28)20-16(3)26(17-12-8-7-9-13-17)24(33-20)27(18-14-10-11-15-19(18)30-4)25-21(34-24)23(29)32-6-2/h7-15H,5-6H2,1-4H3/t24-/m1/s1. The number of carbonyl (C=O) groups excluding carboxylic acids is 2. The van der Waals surface area contributed by atoms with Crippen molar-refractivity contribution in [2.75, 3.05) is 30.2 Å². The molecule has 0 fully saturated rings. The molecule has 2 aliphatic rings. The highest BCUT2D eigenvalue weighted by molar-refractivity contribution is 8.29. The van der Waals surface area contributed by atoms with E-state index >= 15 is 0 Å². The SMILES string of the molecule is CCOC(=O)C1=NN(c2ccccc2OC)[C@@]2(S1)SC(C(=O)OCC)=C(C)N2c1ccccc1. The molecule has 2 aromatic rings. The van der Waals surface area contributed by atoms with Gasteiger partial charge in [0, 0.05) is 11.4 Å². The van der Waals surface area contributed by atoms with Crippen LogP contribution in [0.4, 0.5) is 11.4 Å². The molecule has 4 rings (SSSR count). The average molecular weight is 500 g/mol. The van der Waals surface area contributed by atoms with E-state index in [0.29, 0.717) is 22.0 Å². The van der Waals surface area contributed by atoms with Gasteiger partial charge in [-0.25, -0.2) is 14.6 Å². The summed E-state index contributed by atoms with van der Waals surface area (Å²) < 4.78 is 15.2. The lowest BCUT2D eigenvalue weighted by atomic mass is 10.2. The van der Waals surface area contributed by atoms with Crippen LogP contribution < -0.4 is 14.6 Å². The van der Waals surface area contributed by atoms with Gasteiger partial charge in [0.1, 0.15) is 16.3 Å². The summed E-state index contributed by atoms with van der Waals surface area (Å²) in [6.07, 6.45) is 0. The van der Waals surface area contributed by atoms with Crippen LogP contribution in [0.2, 0.25) is 0 Å². The van der Waals surface area contributed by atoms with Crippen molar-refractivity contribution in [3.05, 3.63) is 65.2 Å². The van der Waals surface area contributed by atoms with Crippen molar-refractivity contribution in [1.82, 2.24) is 0 Å². The molecule has 178 valence electrons. The monoisotopic (exact) mass is 499 g/mol. The lowest BCUT2D eigenvalue weighted by molar-refractivity contribution is -0.137. The van der Waals surface area contributed by atoms with Crippen LogP contribution in [0.15, 0.2) is 70.3 Å². The topological polar surface area (TPSA) is 80.7 Å². The highest BCUT2D eigenvalue weighted by Gasteiger charge is 2.59. The molecule has 34 heavy (non-hydrogen) atoms. The number of ether oxygens (including phenoxy) is 3. The zero-order chi connectivity index (χ0) is 24.3. The van der Waals surface area contributed by atoms with Crippen LogP contribution in [0.25, 0.3) is 0 Å².